The van der Waals surface area contributed by atoms with Crippen LogP contribution in [0.1, 0.15) is 56.6 Å². The standard InChI is InChI=1S/C28H39N3O5S/c1-21-11-15-25(16-12-21)31(37(4,34)35)19-7-10-27(32)30(20-23-13-17-26(36-3)18-14-23)22(2)28(33)29-24-8-5-6-9-24/h11-18,22,24H,5-10,19-20H2,1-4H3,(H,29,33). The molecular weight excluding hydrogens is 490 g/mol. The summed E-state index contributed by atoms with van der Waals surface area (Å²) in [4.78, 5) is 28.1. The summed E-state index contributed by atoms with van der Waals surface area (Å²) in [5, 5.41) is 3.10. The highest BCUT2D eigenvalue weighted by Gasteiger charge is 2.28. The van der Waals surface area contributed by atoms with Crippen LogP contribution in [0.25, 0.3) is 0 Å². The van der Waals surface area contributed by atoms with Gasteiger partial charge in [0, 0.05) is 25.6 Å². The molecule has 0 aromatic heterocycles. The number of anilines is 1. The first-order valence-electron chi connectivity index (χ1n) is 12.9. The lowest BCUT2D eigenvalue weighted by Crippen LogP contribution is -2.49. The number of aryl methyl sites for hydroxylation is 1. The summed E-state index contributed by atoms with van der Waals surface area (Å²) in [6.45, 7) is 4.14. The van der Waals surface area contributed by atoms with Crippen LogP contribution in [0.3, 0.4) is 0 Å². The van der Waals surface area contributed by atoms with E-state index in [0.717, 1.165) is 36.8 Å². The van der Waals surface area contributed by atoms with E-state index in [1.54, 1.807) is 31.1 Å². The fraction of sp³-hybridized carbons (Fsp3) is 0.500. The van der Waals surface area contributed by atoms with E-state index < -0.39 is 16.1 Å². The second-order valence-electron chi connectivity index (χ2n) is 9.81. The number of carbonyl (C=O) groups is 2. The molecule has 0 aliphatic heterocycles. The predicted molar refractivity (Wildman–Crippen MR) is 146 cm³/mol. The molecule has 0 saturated heterocycles. The van der Waals surface area contributed by atoms with Crippen molar-refractivity contribution >= 4 is 27.5 Å². The van der Waals surface area contributed by atoms with Crippen LogP contribution >= 0.6 is 0 Å². The number of benzene rings is 2. The third-order valence-electron chi connectivity index (χ3n) is 6.85. The number of methoxy groups -OCH3 is 1. The van der Waals surface area contributed by atoms with E-state index >= 15 is 0 Å². The lowest BCUT2D eigenvalue weighted by atomic mass is 10.1. The minimum absolute atomic E-state index is 0.120. The fourth-order valence-corrected chi connectivity index (χ4v) is 5.58. The molecule has 1 atom stereocenters. The Labute approximate surface area is 221 Å². The van der Waals surface area contributed by atoms with E-state index in [1.807, 2.05) is 43.3 Å². The van der Waals surface area contributed by atoms with Crippen molar-refractivity contribution in [2.75, 3.05) is 24.2 Å². The van der Waals surface area contributed by atoms with Crippen LogP contribution in [0.5, 0.6) is 5.75 Å². The fourth-order valence-electron chi connectivity index (χ4n) is 4.62. The van der Waals surface area contributed by atoms with Crippen molar-refractivity contribution in [3.63, 3.8) is 0 Å². The zero-order chi connectivity index (χ0) is 27.0. The molecule has 1 saturated carbocycles. The summed E-state index contributed by atoms with van der Waals surface area (Å²) < 4.78 is 31.5. The van der Waals surface area contributed by atoms with Crippen LogP contribution in [0.4, 0.5) is 5.69 Å². The predicted octanol–water partition coefficient (Wildman–Crippen LogP) is 4.03. The molecule has 1 N–H and O–H groups in total. The van der Waals surface area contributed by atoms with E-state index in [4.69, 9.17) is 4.74 Å². The van der Waals surface area contributed by atoms with Crippen molar-refractivity contribution in [3.8, 4) is 5.75 Å². The number of rotatable bonds is 12. The monoisotopic (exact) mass is 529 g/mol. The smallest absolute Gasteiger partial charge is 0.242 e. The summed E-state index contributed by atoms with van der Waals surface area (Å²) in [5.74, 6) is 0.360. The van der Waals surface area contributed by atoms with Gasteiger partial charge in [-0.3, -0.25) is 13.9 Å². The van der Waals surface area contributed by atoms with Crippen molar-refractivity contribution in [2.24, 2.45) is 0 Å². The Bertz CT molecular complexity index is 1140. The van der Waals surface area contributed by atoms with E-state index in [9.17, 15) is 18.0 Å². The molecule has 2 aromatic rings. The lowest BCUT2D eigenvalue weighted by molar-refractivity contribution is -0.141. The Morgan fingerprint density at radius 3 is 2.24 bits per heavy atom. The Hall–Kier alpha value is -3.07. The zero-order valence-electron chi connectivity index (χ0n) is 22.3. The Balaban J connectivity index is 1.71. The van der Waals surface area contributed by atoms with E-state index in [0.29, 0.717) is 17.9 Å². The van der Waals surface area contributed by atoms with Gasteiger partial charge >= 0.3 is 0 Å². The number of amides is 2. The van der Waals surface area contributed by atoms with Gasteiger partial charge in [0.25, 0.3) is 0 Å². The van der Waals surface area contributed by atoms with Crippen LogP contribution in [0.15, 0.2) is 48.5 Å². The zero-order valence-corrected chi connectivity index (χ0v) is 23.1. The molecule has 1 fully saturated rings. The lowest BCUT2D eigenvalue weighted by Gasteiger charge is -2.30. The van der Waals surface area contributed by atoms with Gasteiger partial charge in [0.2, 0.25) is 21.8 Å². The molecule has 2 aromatic carbocycles. The molecule has 0 radical (unpaired) electrons. The summed E-state index contributed by atoms with van der Waals surface area (Å²) in [5.41, 5.74) is 2.48. The molecule has 202 valence electrons. The Morgan fingerprint density at radius 2 is 1.68 bits per heavy atom. The third-order valence-corrected chi connectivity index (χ3v) is 8.05. The molecular formula is C28H39N3O5S. The highest BCUT2D eigenvalue weighted by Crippen LogP contribution is 2.21. The van der Waals surface area contributed by atoms with Gasteiger partial charge in [-0.15, -0.1) is 0 Å². The van der Waals surface area contributed by atoms with Gasteiger partial charge in [0.1, 0.15) is 11.8 Å². The van der Waals surface area contributed by atoms with E-state index in [1.165, 1.54) is 10.6 Å². The van der Waals surface area contributed by atoms with Gasteiger partial charge < -0.3 is 15.0 Å². The largest absolute Gasteiger partial charge is 0.497 e. The van der Waals surface area contributed by atoms with Gasteiger partial charge in [0.05, 0.1) is 19.1 Å². The molecule has 2 amide bonds. The molecule has 1 aliphatic carbocycles. The summed E-state index contributed by atoms with van der Waals surface area (Å²) in [6, 6.07) is 14.2. The summed E-state index contributed by atoms with van der Waals surface area (Å²) >= 11 is 0. The normalized spacial score (nSPS) is 14.7. The molecule has 3 rings (SSSR count). The molecule has 0 bridgehead atoms. The number of hydrogen-bond acceptors (Lipinski definition) is 5. The quantitative estimate of drug-likeness (QED) is 0.448. The molecule has 0 spiro atoms. The van der Waals surface area contributed by atoms with Crippen molar-refractivity contribution in [2.45, 2.75) is 71.0 Å². The Kier molecular flexibility index (Phi) is 9.97. The minimum atomic E-state index is -3.51. The second-order valence-corrected chi connectivity index (χ2v) is 11.7. The number of sulfonamides is 1. The number of carbonyl (C=O) groups excluding carboxylic acids is 2. The minimum Gasteiger partial charge on any atom is -0.497 e. The molecule has 37 heavy (non-hydrogen) atoms. The number of hydrogen-bond donors (Lipinski definition) is 1. The first-order chi connectivity index (χ1) is 17.6. The van der Waals surface area contributed by atoms with Crippen LogP contribution in [0, 0.1) is 6.92 Å². The van der Waals surface area contributed by atoms with Gasteiger partial charge in [0.15, 0.2) is 0 Å². The highest BCUT2D eigenvalue weighted by atomic mass is 32.2. The average Bonchev–Trinajstić information content (AvgIpc) is 3.38. The number of ether oxygens (including phenoxy) is 1. The van der Waals surface area contributed by atoms with E-state index in [2.05, 4.69) is 5.32 Å². The van der Waals surface area contributed by atoms with Gasteiger partial charge in [-0.25, -0.2) is 8.42 Å². The molecule has 1 unspecified atom stereocenters. The topological polar surface area (TPSA) is 96.0 Å². The molecule has 8 nitrogen and oxygen atoms in total. The van der Waals surface area contributed by atoms with E-state index in [-0.39, 0.29) is 37.4 Å². The van der Waals surface area contributed by atoms with Crippen molar-refractivity contribution < 1.29 is 22.7 Å². The number of nitrogens with zero attached hydrogens (tertiary/aromatic N) is 2. The second kappa shape index (κ2) is 12.9. The first-order valence-corrected chi connectivity index (χ1v) is 14.7. The third kappa shape index (κ3) is 8.21. The van der Waals surface area contributed by atoms with Crippen LogP contribution < -0.4 is 14.4 Å². The first kappa shape index (κ1) is 28.5. The molecule has 0 heterocycles. The van der Waals surface area contributed by atoms with Crippen molar-refractivity contribution in [1.29, 1.82) is 0 Å². The van der Waals surface area contributed by atoms with Crippen LogP contribution in [0.2, 0.25) is 0 Å². The summed E-state index contributed by atoms with van der Waals surface area (Å²) in [6.07, 6.45) is 5.75. The van der Waals surface area contributed by atoms with Crippen molar-refractivity contribution in [3.05, 3.63) is 59.7 Å². The maximum Gasteiger partial charge on any atom is 0.242 e. The SMILES string of the molecule is COc1ccc(CN(C(=O)CCCN(c2ccc(C)cc2)S(C)(=O)=O)C(C)C(=O)NC2CCCC2)cc1. The maximum atomic E-state index is 13.4. The van der Waals surface area contributed by atoms with Crippen LogP contribution in [-0.4, -0.2) is 57.1 Å². The van der Waals surface area contributed by atoms with Gasteiger partial charge in [-0.2, -0.15) is 0 Å². The molecule has 1 aliphatic rings. The Morgan fingerprint density at radius 1 is 1.05 bits per heavy atom. The van der Waals surface area contributed by atoms with Crippen molar-refractivity contribution in [1.82, 2.24) is 10.2 Å². The number of nitrogens with one attached hydrogen (secondary N) is 1. The molecule has 9 heteroatoms. The van der Waals surface area contributed by atoms with Gasteiger partial charge in [-0.1, -0.05) is 42.7 Å². The average molecular weight is 530 g/mol. The highest BCUT2D eigenvalue weighted by molar-refractivity contribution is 7.92. The van der Waals surface area contributed by atoms with Crippen LogP contribution in [-0.2, 0) is 26.2 Å². The maximum absolute atomic E-state index is 13.4. The summed E-state index contributed by atoms with van der Waals surface area (Å²) in [7, 11) is -1.92. The van der Waals surface area contributed by atoms with Gasteiger partial charge in [-0.05, 0) is 62.9 Å².